The molecule has 0 bridgehead atoms. The molecule has 5 nitrogen and oxygen atoms in total. The summed E-state index contributed by atoms with van der Waals surface area (Å²) in [5, 5.41) is 7.33. The lowest BCUT2D eigenvalue weighted by Crippen LogP contribution is -2.42. The van der Waals surface area contributed by atoms with E-state index >= 15 is 0 Å². The molecule has 3 aromatic rings. The Balaban J connectivity index is 1.76. The van der Waals surface area contributed by atoms with E-state index in [4.69, 9.17) is 0 Å². The highest BCUT2D eigenvalue weighted by Crippen LogP contribution is 2.35. The van der Waals surface area contributed by atoms with E-state index in [9.17, 15) is 4.79 Å². The van der Waals surface area contributed by atoms with E-state index in [1.807, 2.05) is 29.2 Å². The number of nitrogens with zero attached hydrogens (tertiary/aromatic N) is 3. The van der Waals surface area contributed by atoms with Crippen molar-refractivity contribution in [2.24, 2.45) is 0 Å². The Kier molecular flexibility index (Phi) is 4.44. The van der Waals surface area contributed by atoms with Crippen molar-refractivity contribution in [2.45, 2.75) is 32.4 Å². The SMILES string of the molecule is CC(C)c1[nH]nc(C(=O)N2CCn3cccc3C2c2ccccc2)c1Br. The molecule has 0 saturated carbocycles. The van der Waals surface area contributed by atoms with Crippen molar-refractivity contribution >= 4 is 21.8 Å². The molecule has 2 aromatic heterocycles. The maximum absolute atomic E-state index is 13.4. The second-order valence-electron chi connectivity index (χ2n) is 6.89. The molecule has 6 heteroatoms. The van der Waals surface area contributed by atoms with Crippen molar-refractivity contribution in [1.29, 1.82) is 0 Å². The fourth-order valence-corrected chi connectivity index (χ4v) is 4.40. The Morgan fingerprint density at radius 2 is 1.96 bits per heavy atom. The minimum Gasteiger partial charge on any atom is -0.348 e. The number of nitrogens with one attached hydrogen (secondary N) is 1. The van der Waals surface area contributed by atoms with E-state index in [-0.39, 0.29) is 17.9 Å². The third kappa shape index (κ3) is 2.78. The van der Waals surface area contributed by atoms with Gasteiger partial charge in [0.25, 0.3) is 5.91 Å². The zero-order chi connectivity index (χ0) is 18.3. The van der Waals surface area contributed by atoms with Crippen molar-refractivity contribution in [2.75, 3.05) is 6.54 Å². The molecule has 0 spiro atoms. The quantitative estimate of drug-likeness (QED) is 0.695. The molecule has 1 unspecified atom stereocenters. The number of rotatable bonds is 3. The third-order valence-corrected chi connectivity index (χ3v) is 5.73. The van der Waals surface area contributed by atoms with E-state index in [0.29, 0.717) is 12.2 Å². The normalized spacial score (nSPS) is 16.8. The van der Waals surface area contributed by atoms with Gasteiger partial charge in [-0.25, -0.2) is 0 Å². The average molecular weight is 413 g/mol. The topological polar surface area (TPSA) is 53.9 Å². The molecule has 3 heterocycles. The molecule has 1 aliphatic rings. The van der Waals surface area contributed by atoms with Gasteiger partial charge in [-0.1, -0.05) is 44.2 Å². The first-order chi connectivity index (χ1) is 12.6. The predicted molar refractivity (Wildman–Crippen MR) is 104 cm³/mol. The monoisotopic (exact) mass is 412 g/mol. The number of benzene rings is 1. The lowest BCUT2D eigenvalue weighted by molar-refractivity contribution is 0.0657. The number of hydrogen-bond donors (Lipinski definition) is 1. The highest BCUT2D eigenvalue weighted by molar-refractivity contribution is 9.10. The van der Waals surface area contributed by atoms with Crippen LogP contribution in [0, 0.1) is 0 Å². The van der Waals surface area contributed by atoms with E-state index in [0.717, 1.165) is 28.0 Å². The molecule has 1 aliphatic heterocycles. The van der Waals surface area contributed by atoms with Crippen molar-refractivity contribution < 1.29 is 4.79 Å². The molecule has 1 atom stereocenters. The molecule has 1 N–H and O–H groups in total. The molecular formula is C20H21BrN4O. The van der Waals surface area contributed by atoms with E-state index in [2.05, 4.69) is 68.9 Å². The van der Waals surface area contributed by atoms with Gasteiger partial charge in [-0.3, -0.25) is 9.89 Å². The van der Waals surface area contributed by atoms with Gasteiger partial charge in [-0.15, -0.1) is 0 Å². The average Bonchev–Trinajstić information content (AvgIpc) is 3.27. The van der Waals surface area contributed by atoms with Crippen molar-refractivity contribution in [3.05, 3.63) is 75.8 Å². The Morgan fingerprint density at radius 3 is 2.65 bits per heavy atom. The highest BCUT2D eigenvalue weighted by atomic mass is 79.9. The van der Waals surface area contributed by atoms with Gasteiger partial charge >= 0.3 is 0 Å². The molecule has 0 saturated heterocycles. The van der Waals surface area contributed by atoms with Gasteiger partial charge in [0.2, 0.25) is 0 Å². The summed E-state index contributed by atoms with van der Waals surface area (Å²) < 4.78 is 2.99. The third-order valence-electron chi connectivity index (χ3n) is 4.93. The van der Waals surface area contributed by atoms with E-state index in [1.54, 1.807) is 0 Å². The number of aromatic nitrogens is 3. The van der Waals surface area contributed by atoms with Crippen molar-refractivity contribution in [3.8, 4) is 0 Å². The molecule has 4 rings (SSSR count). The van der Waals surface area contributed by atoms with E-state index in [1.165, 1.54) is 0 Å². The second-order valence-corrected chi connectivity index (χ2v) is 7.69. The summed E-state index contributed by atoms with van der Waals surface area (Å²) in [7, 11) is 0. The Morgan fingerprint density at radius 1 is 1.19 bits per heavy atom. The maximum Gasteiger partial charge on any atom is 0.276 e. The summed E-state index contributed by atoms with van der Waals surface area (Å²) in [6.45, 7) is 5.59. The molecule has 134 valence electrons. The Labute approximate surface area is 161 Å². The van der Waals surface area contributed by atoms with Crippen molar-refractivity contribution in [1.82, 2.24) is 19.7 Å². The van der Waals surface area contributed by atoms with Crippen LogP contribution in [0.4, 0.5) is 0 Å². The number of fused-ring (bicyclic) bond motifs is 1. The zero-order valence-corrected chi connectivity index (χ0v) is 16.4. The van der Waals surface area contributed by atoms with Gasteiger partial charge < -0.3 is 9.47 Å². The number of H-pyrrole nitrogens is 1. The largest absolute Gasteiger partial charge is 0.348 e. The van der Waals surface area contributed by atoms with Gasteiger partial charge in [0.05, 0.1) is 16.2 Å². The molecule has 1 aromatic carbocycles. The summed E-state index contributed by atoms with van der Waals surface area (Å²) in [6, 6.07) is 14.2. The minimum atomic E-state index is -0.112. The van der Waals surface area contributed by atoms with Gasteiger partial charge in [0, 0.05) is 25.0 Å². The first kappa shape index (κ1) is 17.1. The fraction of sp³-hybridized carbons (Fsp3) is 0.300. The first-order valence-corrected chi connectivity index (χ1v) is 9.62. The molecule has 0 radical (unpaired) electrons. The first-order valence-electron chi connectivity index (χ1n) is 8.82. The van der Waals surface area contributed by atoms with Crippen LogP contribution in [0.3, 0.4) is 0 Å². The summed E-state index contributed by atoms with van der Waals surface area (Å²) in [6.07, 6.45) is 2.08. The fourth-order valence-electron chi connectivity index (χ4n) is 3.59. The molecule has 1 amide bonds. The van der Waals surface area contributed by atoms with Crippen LogP contribution in [0.1, 0.15) is 53.2 Å². The van der Waals surface area contributed by atoms with Crippen LogP contribution in [-0.2, 0) is 6.54 Å². The number of aromatic amines is 1. The van der Waals surface area contributed by atoms with Gasteiger partial charge in [0.1, 0.15) is 0 Å². The van der Waals surface area contributed by atoms with Crippen LogP contribution in [0.25, 0.3) is 0 Å². The van der Waals surface area contributed by atoms with Gasteiger partial charge in [0.15, 0.2) is 5.69 Å². The summed E-state index contributed by atoms with van der Waals surface area (Å²) in [5.41, 5.74) is 3.64. The second kappa shape index (κ2) is 6.76. The summed E-state index contributed by atoms with van der Waals surface area (Å²) >= 11 is 3.57. The zero-order valence-electron chi connectivity index (χ0n) is 14.8. The molecular weight excluding hydrogens is 392 g/mol. The van der Waals surface area contributed by atoms with Crippen LogP contribution in [0.2, 0.25) is 0 Å². The highest BCUT2D eigenvalue weighted by Gasteiger charge is 2.34. The Bertz CT molecular complexity index is 928. The van der Waals surface area contributed by atoms with Crippen LogP contribution in [-0.4, -0.2) is 32.1 Å². The molecule has 0 aliphatic carbocycles. The van der Waals surface area contributed by atoms with Crippen molar-refractivity contribution in [3.63, 3.8) is 0 Å². The lowest BCUT2D eigenvalue weighted by atomic mass is 9.99. The lowest BCUT2D eigenvalue weighted by Gasteiger charge is -2.37. The van der Waals surface area contributed by atoms with Gasteiger partial charge in [-0.05, 0) is 39.5 Å². The summed E-state index contributed by atoms with van der Waals surface area (Å²) in [4.78, 5) is 15.3. The Hall–Kier alpha value is -2.34. The number of carbonyl (C=O) groups is 1. The number of carbonyl (C=O) groups excluding carboxylic acids is 1. The maximum atomic E-state index is 13.4. The standard InChI is InChI=1S/C20H21BrN4O/c1-13(2)17-16(21)18(23-22-17)20(26)25-12-11-24-10-6-9-15(24)19(25)14-7-4-3-5-8-14/h3-10,13,19H,11-12H2,1-2H3,(H,22,23). The summed E-state index contributed by atoms with van der Waals surface area (Å²) in [5.74, 6) is 0.211. The minimum absolute atomic E-state index is 0.0543. The smallest absolute Gasteiger partial charge is 0.276 e. The number of halogens is 1. The van der Waals surface area contributed by atoms with Crippen LogP contribution >= 0.6 is 15.9 Å². The van der Waals surface area contributed by atoms with Crippen LogP contribution in [0.5, 0.6) is 0 Å². The van der Waals surface area contributed by atoms with E-state index < -0.39 is 0 Å². The van der Waals surface area contributed by atoms with Gasteiger partial charge in [-0.2, -0.15) is 5.10 Å². The molecule has 0 fully saturated rings. The van der Waals surface area contributed by atoms with Crippen LogP contribution in [0.15, 0.2) is 53.1 Å². The molecule has 26 heavy (non-hydrogen) atoms. The number of hydrogen-bond acceptors (Lipinski definition) is 2. The number of amides is 1. The van der Waals surface area contributed by atoms with Crippen LogP contribution < -0.4 is 0 Å². The predicted octanol–water partition coefficient (Wildman–Crippen LogP) is 4.34.